The van der Waals surface area contributed by atoms with E-state index in [0.29, 0.717) is 56.6 Å². The quantitative estimate of drug-likeness (QED) is 0.415. The van der Waals surface area contributed by atoms with Gasteiger partial charge in [0.05, 0.1) is 30.3 Å². The second kappa shape index (κ2) is 9.79. The predicted molar refractivity (Wildman–Crippen MR) is 149 cm³/mol. The van der Waals surface area contributed by atoms with Gasteiger partial charge < -0.3 is 19.1 Å². The van der Waals surface area contributed by atoms with Crippen LogP contribution >= 0.6 is 0 Å². The molecule has 0 radical (unpaired) electrons. The van der Waals surface area contributed by atoms with Crippen LogP contribution in [-0.4, -0.2) is 80.4 Å². The third kappa shape index (κ3) is 4.75. The van der Waals surface area contributed by atoms with Crippen molar-refractivity contribution in [3.05, 3.63) is 65.6 Å². The average molecular weight is 559 g/mol. The van der Waals surface area contributed by atoms with Gasteiger partial charge in [0.1, 0.15) is 0 Å². The van der Waals surface area contributed by atoms with Crippen LogP contribution in [-0.2, 0) is 16.1 Å². The van der Waals surface area contributed by atoms with E-state index in [9.17, 15) is 9.59 Å². The van der Waals surface area contributed by atoms with Crippen molar-refractivity contribution in [1.82, 2.24) is 29.7 Å². The molecule has 7 rings (SSSR count). The van der Waals surface area contributed by atoms with Crippen molar-refractivity contribution in [2.75, 3.05) is 32.8 Å². The summed E-state index contributed by atoms with van der Waals surface area (Å²) in [7, 11) is 0. The highest BCUT2D eigenvalue weighted by Gasteiger charge is 2.61. The molecule has 2 aromatic heterocycles. The van der Waals surface area contributed by atoms with Gasteiger partial charge in [0.2, 0.25) is 11.8 Å². The third-order valence-electron chi connectivity index (χ3n) is 9.75. The highest BCUT2D eigenvalue weighted by Crippen LogP contribution is 2.55. The number of carbonyl (C=O) groups is 2. The molecule has 2 aliphatic carbocycles. The minimum Gasteiger partial charge on any atom is -0.378 e. The summed E-state index contributed by atoms with van der Waals surface area (Å²) in [5.74, 6) is 1.70. The lowest BCUT2D eigenvalue weighted by Crippen LogP contribution is -2.62. The summed E-state index contributed by atoms with van der Waals surface area (Å²) in [6, 6.07) is 10.1. The molecule has 2 amide bonds. The summed E-state index contributed by atoms with van der Waals surface area (Å²) in [6.45, 7) is 9.89. The minimum atomic E-state index is -0.279. The fourth-order valence-electron chi connectivity index (χ4n) is 6.99. The largest absolute Gasteiger partial charge is 0.378 e. The molecule has 4 aliphatic rings. The van der Waals surface area contributed by atoms with Crippen molar-refractivity contribution < 1.29 is 18.8 Å². The molecule has 4 heterocycles. The lowest BCUT2D eigenvalue weighted by molar-refractivity contribution is -0.145. The Morgan fingerprint density at radius 1 is 1.10 bits per heavy atom. The maximum atomic E-state index is 13.7. The van der Waals surface area contributed by atoms with Crippen molar-refractivity contribution in [2.45, 2.75) is 64.5 Å². The molecule has 10 heteroatoms. The van der Waals surface area contributed by atoms with E-state index in [1.807, 2.05) is 53.3 Å². The molecule has 0 bridgehead atoms. The van der Waals surface area contributed by atoms with Gasteiger partial charge in [-0.05, 0) is 37.2 Å². The first-order valence-corrected chi connectivity index (χ1v) is 14.8. The van der Waals surface area contributed by atoms with E-state index in [2.05, 4.69) is 24.1 Å². The second-order valence-corrected chi connectivity index (χ2v) is 13.2. The third-order valence-corrected chi connectivity index (χ3v) is 9.75. The molecule has 1 aromatic carbocycles. The SMILES string of the molecule is CCOC1CC(c2nc(C3CN(C(=O)c4cnn(Cc5ccccc5)c4)CC34CN(C(=O)[C@H]3CC3(C)C)C4)no2)C1. The molecule has 2 atom stereocenters. The summed E-state index contributed by atoms with van der Waals surface area (Å²) in [4.78, 5) is 35.6. The predicted octanol–water partition coefficient (Wildman–Crippen LogP) is 3.71. The number of ether oxygens (including phenoxy) is 1. The second-order valence-electron chi connectivity index (χ2n) is 13.2. The maximum absolute atomic E-state index is 13.7. The number of hydrogen-bond acceptors (Lipinski definition) is 7. The van der Waals surface area contributed by atoms with Gasteiger partial charge in [-0.3, -0.25) is 14.3 Å². The van der Waals surface area contributed by atoms with Crippen LogP contribution in [0.2, 0.25) is 0 Å². The Labute approximate surface area is 240 Å². The summed E-state index contributed by atoms with van der Waals surface area (Å²) < 4.78 is 13.3. The molecule has 1 spiro atoms. The summed E-state index contributed by atoms with van der Waals surface area (Å²) in [5.41, 5.74) is 1.49. The Bertz CT molecular complexity index is 1440. The molecule has 0 N–H and O–H groups in total. The number of nitrogens with zero attached hydrogens (tertiary/aromatic N) is 6. The molecular formula is C31H38N6O4. The zero-order valence-electron chi connectivity index (χ0n) is 24.0. The fraction of sp³-hybridized carbons (Fsp3) is 0.581. The number of hydrogen-bond donors (Lipinski definition) is 0. The lowest BCUT2D eigenvalue weighted by Gasteiger charge is -2.50. The molecule has 3 aromatic rings. The zero-order chi connectivity index (χ0) is 28.4. The lowest BCUT2D eigenvalue weighted by atomic mass is 9.71. The van der Waals surface area contributed by atoms with E-state index in [4.69, 9.17) is 14.2 Å². The topological polar surface area (TPSA) is 107 Å². The van der Waals surface area contributed by atoms with Gasteiger partial charge in [0, 0.05) is 56.2 Å². The van der Waals surface area contributed by atoms with Crippen molar-refractivity contribution in [3.8, 4) is 0 Å². The number of aromatic nitrogens is 4. The van der Waals surface area contributed by atoms with E-state index >= 15 is 0 Å². The summed E-state index contributed by atoms with van der Waals surface area (Å²) in [5, 5.41) is 8.87. The van der Waals surface area contributed by atoms with Crippen LogP contribution in [0.5, 0.6) is 0 Å². The van der Waals surface area contributed by atoms with E-state index < -0.39 is 0 Å². The Morgan fingerprint density at radius 3 is 2.54 bits per heavy atom. The molecule has 216 valence electrons. The number of rotatable bonds is 8. The van der Waals surface area contributed by atoms with Gasteiger partial charge in [0.15, 0.2) is 5.82 Å². The monoisotopic (exact) mass is 558 g/mol. The van der Waals surface area contributed by atoms with Crippen LogP contribution in [0.25, 0.3) is 0 Å². The first-order valence-electron chi connectivity index (χ1n) is 14.8. The number of amides is 2. The molecule has 4 fully saturated rings. The van der Waals surface area contributed by atoms with Crippen LogP contribution in [0.1, 0.15) is 79.5 Å². The maximum Gasteiger partial charge on any atom is 0.257 e. The Balaban J connectivity index is 1.08. The first-order chi connectivity index (χ1) is 19.7. The van der Waals surface area contributed by atoms with Gasteiger partial charge in [-0.2, -0.15) is 10.1 Å². The highest BCUT2D eigenvalue weighted by atomic mass is 16.5. The first kappa shape index (κ1) is 26.4. The average Bonchev–Trinajstić information content (AvgIpc) is 3.38. The van der Waals surface area contributed by atoms with Gasteiger partial charge in [-0.25, -0.2) is 0 Å². The standard InChI is InChI=1S/C31H38N6O4/c1-4-40-23-10-21(11-23)27-33-26(34-41-27)25-16-35(17-31(25)18-36(19-31)29(39)24-12-30(24,2)3)28(38)22-13-32-37(15-22)14-20-8-6-5-7-9-20/h5-9,13,15,21,23-25H,4,10-12,14,16-19H2,1-3H3/t21?,23?,24-,25?/m1/s1. The number of carbonyl (C=O) groups excluding carboxylic acids is 2. The van der Waals surface area contributed by atoms with Gasteiger partial charge in [-0.1, -0.05) is 49.3 Å². The van der Waals surface area contributed by atoms with Crippen LogP contribution < -0.4 is 0 Å². The zero-order valence-corrected chi connectivity index (χ0v) is 24.0. The molecule has 2 saturated carbocycles. The van der Waals surface area contributed by atoms with Gasteiger partial charge in [0.25, 0.3) is 5.91 Å². The summed E-state index contributed by atoms with van der Waals surface area (Å²) >= 11 is 0. The van der Waals surface area contributed by atoms with E-state index in [1.54, 1.807) is 10.9 Å². The normalized spacial score (nSPS) is 27.5. The van der Waals surface area contributed by atoms with Gasteiger partial charge >= 0.3 is 0 Å². The van der Waals surface area contributed by atoms with Crippen LogP contribution in [0, 0.1) is 16.7 Å². The van der Waals surface area contributed by atoms with Crippen LogP contribution in [0.4, 0.5) is 0 Å². The molecule has 2 saturated heterocycles. The van der Waals surface area contributed by atoms with E-state index in [1.165, 1.54) is 0 Å². The number of likely N-dealkylation sites (tertiary alicyclic amines) is 2. The van der Waals surface area contributed by atoms with Crippen molar-refractivity contribution in [1.29, 1.82) is 0 Å². The Kier molecular flexibility index (Phi) is 6.30. The van der Waals surface area contributed by atoms with Crippen LogP contribution in [0.3, 0.4) is 0 Å². The number of benzene rings is 1. The van der Waals surface area contributed by atoms with Gasteiger partial charge in [-0.15, -0.1) is 0 Å². The highest BCUT2D eigenvalue weighted by molar-refractivity contribution is 5.94. The van der Waals surface area contributed by atoms with E-state index in [0.717, 1.165) is 24.8 Å². The smallest absolute Gasteiger partial charge is 0.257 e. The molecular weight excluding hydrogens is 520 g/mol. The molecule has 1 unspecified atom stereocenters. The van der Waals surface area contributed by atoms with Crippen LogP contribution in [0.15, 0.2) is 47.2 Å². The summed E-state index contributed by atoms with van der Waals surface area (Å²) in [6.07, 6.45) is 6.44. The van der Waals surface area contributed by atoms with Crippen molar-refractivity contribution in [2.24, 2.45) is 16.7 Å². The molecule has 2 aliphatic heterocycles. The van der Waals surface area contributed by atoms with Crippen molar-refractivity contribution >= 4 is 11.8 Å². The molecule has 41 heavy (non-hydrogen) atoms. The van der Waals surface area contributed by atoms with E-state index in [-0.39, 0.29) is 46.5 Å². The van der Waals surface area contributed by atoms with Crippen molar-refractivity contribution in [3.63, 3.8) is 0 Å². The fourth-order valence-corrected chi connectivity index (χ4v) is 6.99. The molecule has 10 nitrogen and oxygen atoms in total. The Morgan fingerprint density at radius 2 is 1.83 bits per heavy atom. The minimum absolute atomic E-state index is 0.0541. The Hall–Kier alpha value is -3.53.